The van der Waals surface area contributed by atoms with Crippen molar-refractivity contribution >= 4 is 23.3 Å². The number of hydrogen-bond acceptors (Lipinski definition) is 5. The molecular weight excluding hydrogens is 208 g/mol. The van der Waals surface area contributed by atoms with Crippen LogP contribution in [0.3, 0.4) is 0 Å². The minimum atomic E-state index is -0.627. The summed E-state index contributed by atoms with van der Waals surface area (Å²) in [6.07, 6.45) is 0. The van der Waals surface area contributed by atoms with Gasteiger partial charge in [-0.15, -0.1) is 0 Å². The van der Waals surface area contributed by atoms with Crippen LogP contribution in [-0.2, 0) is 4.74 Å². The molecule has 0 unspecified atom stereocenters. The van der Waals surface area contributed by atoms with Crippen LogP contribution in [0.15, 0.2) is 6.07 Å². The molecule has 0 aliphatic heterocycles. The lowest BCUT2D eigenvalue weighted by atomic mass is 10.3. The summed E-state index contributed by atoms with van der Waals surface area (Å²) in [5.41, 5.74) is 5.67. The van der Waals surface area contributed by atoms with Gasteiger partial charge in [0.05, 0.1) is 19.9 Å². The lowest BCUT2D eigenvalue weighted by Gasteiger charge is -2.06. The number of pyridine rings is 1. The zero-order valence-electron chi connectivity index (χ0n) is 7.70. The van der Waals surface area contributed by atoms with Gasteiger partial charge in [0.1, 0.15) is 5.02 Å². The molecular formula is C8H9ClN2O3. The molecule has 0 amide bonds. The normalized spacial score (nSPS) is 9.64. The Morgan fingerprint density at radius 2 is 2.21 bits per heavy atom. The maximum absolute atomic E-state index is 11.2. The zero-order valence-corrected chi connectivity index (χ0v) is 8.46. The van der Waals surface area contributed by atoms with Gasteiger partial charge in [-0.3, -0.25) is 0 Å². The van der Waals surface area contributed by atoms with Gasteiger partial charge in [0.2, 0.25) is 5.88 Å². The monoisotopic (exact) mass is 216 g/mol. The standard InChI is InChI=1S/C8H9ClN2O3/c1-13-7-4(9)3-5(10)6(11-7)8(12)14-2/h3H,10H2,1-2H3. The summed E-state index contributed by atoms with van der Waals surface area (Å²) < 4.78 is 9.31. The quantitative estimate of drug-likeness (QED) is 0.750. The summed E-state index contributed by atoms with van der Waals surface area (Å²) in [5, 5.41) is 0.248. The molecule has 76 valence electrons. The predicted octanol–water partition coefficient (Wildman–Crippen LogP) is 1.11. The molecule has 1 rings (SSSR count). The minimum Gasteiger partial charge on any atom is -0.480 e. The van der Waals surface area contributed by atoms with E-state index in [1.807, 2.05) is 0 Å². The number of ether oxygens (including phenoxy) is 2. The molecule has 0 aliphatic rings. The number of hydrogen-bond donors (Lipinski definition) is 1. The molecule has 0 aromatic carbocycles. The molecule has 0 fully saturated rings. The molecule has 0 bridgehead atoms. The number of nitrogens with two attached hydrogens (primary N) is 1. The molecule has 0 radical (unpaired) electrons. The lowest BCUT2D eigenvalue weighted by Crippen LogP contribution is -2.09. The van der Waals surface area contributed by atoms with Gasteiger partial charge in [0.25, 0.3) is 0 Å². The van der Waals surface area contributed by atoms with Crippen LogP contribution < -0.4 is 10.5 Å². The van der Waals surface area contributed by atoms with E-state index in [-0.39, 0.29) is 22.3 Å². The van der Waals surface area contributed by atoms with Crippen LogP contribution in [-0.4, -0.2) is 25.2 Å². The van der Waals surface area contributed by atoms with Crippen molar-refractivity contribution < 1.29 is 14.3 Å². The second-order valence-electron chi connectivity index (χ2n) is 2.41. The first-order chi connectivity index (χ1) is 6.60. The van der Waals surface area contributed by atoms with Crippen LogP contribution in [0.2, 0.25) is 5.02 Å². The number of carbonyl (C=O) groups is 1. The van der Waals surface area contributed by atoms with E-state index in [1.54, 1.807) is 0 Å². The third-order valence-corrected chi connectivity index (χ3v) is 1.82. The molecule has 2 N–H and O–H groups in total. The first-order valence-corrected chi connectivity index (χ1v) is 4.06. The highest BCUT2D eigenvalue weighted by molar-refractivity contribution is 6.32. The maximum Gasteiger partial charge on any atom is 0.358 e. The minimum absolute atomic E-state index is 0.00579. The smallest absolute Gasteiger partial charge is 0.358 e. The first kappa shape index (κ1) is 10.6. The molecule has 1 aromatic rings. The molecule has 0 saturated heterocycles. The molecule has 6 heteroatoms. The Bertz CT molecular complexity index is 368. The van der Waals surface area contributed by atoms with Gasteiger partial charge in [0.15, 0.2) is 5.69 Å². The average Bonchev–Trinajstić information content (AvgIpc) is 2.17. The fourth-order valence-electron chi connectivity index (χ4n) is 0.889. The highest BCUT2D eigenvalue weighted by Gasteiger charge is 2.15. The van der Waals surface area contributed by atoms with Crippen molar-refractivity contribution in [1.29, 1.82) is 0 Å². The maximum atomic E-state index is 11.2. The van der Waals surface area contributed by atoms with E-state index >= 15 is 0 Å². The van der Waals surface area contributed by atoms with Gasteiger partial charge >= 0.3 is 5.97 Å². The summed E-state index contributed by atoms with van der Waals surface area (Å²) in [7, 11) is 2.63. The molecule has 1 aromatic heterocycles. The van der Waals surface area contributed by atoms with Crippen molar-refractivity contribution in [2.75, 3.05) is 20.0 Å². The largest absolute Gasteiger partial charge is 0.480 e. The Kier molecular flexibility index (Phi) is 3.14. The Morgan fingerprint density at radius 1 is 1.57 bits per heavy atom. The Morgan fingerprint density at radius 3 is 2.71 bits per heavy atom. The molecule has 5 nitrogen and oxygen atoms in total. The summed E-state index contributed by atoms with van der Waals surface area (Å²) in [5.74, 6) is -0.487. The Balaban J connectivity index is 3.24. The number of anilines is 1. The number of halogens is 1. The molecule has 14 heavy (non-hydrogen) atoms. The number of carbonyl (C=O) groups excluding carboxylic acids is 1. The van der Waals surface area contributed by atoms with E-state index in [1.165, 1.54) is 20.3 Å². The van der Waals surface area contributed by atoms with Crippen molar-refractivity contribution in [3.8, 4) is 5.88 Å². The SMILES string of the molecule is COC(=O)c1nc(OC)c(Cl)cc1N. The zero-order chi connectivity index (χ0) is 10.7. The second kappa shape index (κ2) is 4.15. The van der Waals surface area contributed by atoms with E-state index in [2.05, 4.69) is 9.72 Å². The fraction of sp³-hybridized carbons (Fsp3) is 0.250. The van der Waals surface area contributed by atoms with Crippen LogP contribution in [0.1, 0.15) is 10.5 Å². The molecule has 0 atom stereocenters. The van der Waals surface area contributed by atoms with Gasteiger partial charge in [-0.1, -0.05) is 11.6 Å². The van der Waals surface area contributed by atoms with Gasteiger partial charge in [-0.05, 0) is 6.07 Å². The number of nitrogen functional groups attached to an aromatic ring is 1. The van der Waals surface area contributed by atoms with Crippen molar-refractivity contribution in [3.05, 3.63) is 16.8 Å². The van der Waals surface area contributed by atoms with Gasteiger partial charge in [-0.25, -0.2) is 9.78 Å². The number of methoxy groups -OCH3 is 2. The van der Waals surface area contributed by atoms with Crippen LogP contribution in [0.5, 0.6) is 5.88 Å². The number of aromatic nitrogens is 1. The number of nitrogens with zero attached hydrogens (tertiary/aromatic N) is 1. The van der Waals surface area contributed by atoms with Crippen LogP contribution in [0.4, 0.5) is 5.69 Å². The van der Waals surface area contributed by atoms with E-state index in [4.69, 9.17) is 22.1 Å². The average molecular weight is 217 g/mol. The Hall–Kier alpha value is -1.49. The molecule has 0 aliphatic carbocycles. The highest BCUT2D eigenvalue weighted by atomic mass is 35.5. The van der Waals surface area contributed by atoms with E-state index < -0.39 is 5.97 Å². The molecule has 0 saturated carbocycles. The topological polar surface area (TPSA) is 74.4 Å². The highest BCUT2D eigenvalue weighted by Crippen LogP contribution is 2.26. The summed E-state index contributed by atoms with van der Waals surface area (Å²) >= 11 is 5.73. The predicted molar refractivity (Wildman–Crippen MR) is 51.6 cm³/mol. The van der Waals surface area contributed by atoms with Crippen molar-refractivity contribution in [1.82, 2.24) is 4.98 Å². The van der Waals surface area contributed by atoms with Crippen molar-refractivity contribution in [2.24, 2.45) is 0 Å². The Labute approximate surface area is 85.8 Å². The summed E-state index contributed by atoms with van der Waals surface area (Å²) in [6, 6.07) is 1.39. The summed E-state index contributed by atoms with van der Waals surface area (Å²) in [4.78, 5) is 15.0. The van der Waals surface area contributed by atoms with Gasteiger partial charge in [-0.2, -0.15) is 0 Å². The van der Waals surface area contributed by atoms with E-state index in [9.17, 15) is 4.79 Å². The van der Waals surface area contributed by atoms with Crippen molar-refractivity contribution in [2.45, 2.75) is 0 Å². The molecule has 1 heterocycles. The summed E-state index contributed by atoms with van der Waals surface area (Å²) in [6.45, 7) is 0. The fourth-order valence-corrected chi connectivity index (χ4v) is 1.13. The number of esters is 1. The second-order valence-corrected chi connectivity index (χ2v) is 2.82. The number of rotatable bonds is 2. The van der Waals surface area contributed by atoms with Gasteiger partial charge < -0.3 is 15.2 Å². The van der Waals surface area contributed by atoms with E-state index in [0.717, 1.165) is 0 Å². The molecule has 0 spiro atoms. The van der Waals surface area contributed by atoms with E-state index in [0.29, 0.717) is 0 Å². The van der Waals surface area contributed by atoms with Crippen LogP contribution >= 0.6 is 11.6 Å². The van der Waals surface area contributed by atoms with Crippen LogP contribution in [0, 0.1) is 0 Å². The van der Waals surface area contributed by atoms with Crippen LogP contribution in [0.25, 0.3) is 0 Å². The third-order valence-electron chi connectivity index (χ3n) is 1.55. The lowest BCUT2D eigenvalue weighted by molar-refractivity contribution is 0.0594. The van der Waals surface area contributed by atoms with Gasteiger partial charge in [0, 0.05) is 0 Å². The third kappa shape index (κ3) is 1.88. The first-order valence-electron chi connectivity index (χ1n) is 3.68. The van der Waals surface area contributed by atoms with Crippen molar-refractivity contribution in [3.63, 3.8) is 0 Å².